The quantitative estimate of drug-likeness (QED) is 0.781. The maximum absolute atomic E-state index is 9.11. The zero-order chi connectivity index (χ0) is 11.4. The van der Waals surface area contributed by atoms with Crippen LogP contribution in [0.4, 0.5) is 0 Å². The SMILES string of the molecule is CC1CN(CCn2ccnc2)CC(CO)O1. The lowest BCUT2D eigenvalue weighted by atomic mass is 10.2. The number of nitrogens with zero attached hydrogens (tertiary/aromatic N) is 3. The highest BCUT2D eigenvalue weighted by Crippen LogP contribution is 2.10. The molecule has 2 unspecified atom stereocenters. The van der Waals surface area contributed by atoms with Gasteiger partial charge in [-0.1, -0.05) is 0 Å². The summed E-state index contributed by atoms with van der Waals surface area (Å²) in [4.78, 5) is 6.34. The van der Waals surface area contributed by atoms with Crippen molar-refractivity contribution in [3.05, 3.63) is 18.7 Å². The van der Waals surface area contributed by atoms with Crippen LogP contribution in [0.15, 0.2) is 18.7 Å². The molecule has 0 bridgehead atoms. The van der Waals surface area contributed by atoms with Crippen molar-refractivity contribution in [2.75, 3.05) is 26.2 Å². The van der Waals surface area contributed by atoms with E-state index in [4.69, 9.17) is 9.84 Å². The van der Waals surface area contributed by atoms with Crippen LogP contribution >= 0.6 is 0 Å². The average molecular weight is 225 g/mol. The number of aliphatic hydroxyl groups excluding tert-OH is 1. The van der Waals surface area contributed by atoms with Gasteiger partial charge in [-0.3, -0.25) is 4.90 Å². The Bertz CT molecular complexity index is 302. The van der Waals surface area contributed by atoms with Crippen molar-refractivity contribution in [3.8, 4) is 0 Å². The summed E-state index contributed by atoms with van der Waals surface area (Å²) in [6.45, 7) is 5.81. The van der Waals surface area contributed by atoms with E-state index in [0.29, 0.717) is 0 Å². The Labute approximate surface area is 95.7 Å². The number of aromatic nitrogens is 2. The molecule has 0 saturated carbocycles. The van der Waals surface area contributed by atoms with Crippen LogP contribution in [0.25, 0.3) is 0 Å². The summed E-state index contributed by atoms with van der Waals surface area (Å²) in [6, 6.07) is 0. The van der Waals surface area contributed by atoms with E-state index in [9.17, 15) is 0 Å². The zero-order valence-corrected chi connectivity index (χ0v) is 9.62. The Morgan fingerprint density at radius 3 is 3.00 bits per heavy atom. The fourth-order valence-electron chi connectivity index (χ4n) is 2.10. The topological polar surface area (TPSA) is 50.5 Å². The molecular weight excluding hydrogens is 206 g/mol. The molecule has 5 heteroatoms. The number of morpholine rings is 1. The lowest BCUT2D eigenvalue weighted by Gasteiger charge is -2.36. The van der Waals surface area contributed by atoms with Gasteiger partial charge in [0, 0.05) is 38.6 Å². The summed E-state index contributed by atoms with van der Waals surface area (Å²) >= 11 is 0. The van der Waals surface area contributed by atoms with E-state index in [-0.39, 0.29) is 18.8 Å². The summed E-state index contributed by atoms with van der Waals surface area (Å²) in [6.07, 6.45) is 5.75. The Morgan fingerprint density at radius 2 is 2.31 bits per heavy atom. The van der Waals surface area contributed by atoms with Gasteiger partial charge in [0.25, 0.3) is 0 Å². The van der Waals surface area contributed by atoms with Gasteiger partial charge in [-0.2, -0.15) is 0 Å². The predicted molar refractivity (Wildman–Crippen MR) is 60.1 cm³/mol. The van der Waals surface area contributed by atoms with Crippen LogP contribution in [0.5, 0.6) is 0 Å². The van der Waals surface area contributed by atoms with Gasteiger partial charge in [-0.15, -0.1) is 0 Å². The van der Waals surface area contributed by atoms with E-state index in [2.05, 4.69) is 14.5 Å². The van der Waals surface area contributed by atoms with Gasteiger partial charge in [0.05, 0.1) is 25.1 Å². The highest BCUT2D eigenvalue weighted by molar-refractivity contribution is 4.78. The second-order valence-corrected chi connectivity index (χ2v) is 4.31. The zero-order valence-electron chi connectivity index (χ0n) is 9.62. The first-order chi connectivity index (χ1) is 7.78. The van der Waals surface area contributed by atoms with Crippen molar-refractivity contribution in [3.63, 3.8) is 0 Å². The molecule has 1 N–H and O–H groups in total. The van der Waals surface area contributed by atoms with Crippen molar-refractivity contribution in [1.29, 1.82) is 0 Å². The van der Waals surface area contributed by atoms with Crippen molar-refractivity contribution < 1.29 is 9.84 Å². The second-order valence-electron chi connectivity index (χ2n) is 4.31. The summed E-state index contributed by atoms with van der Waals surface area (Å²) in [5.41, 5.74) is 0. The molecule has 5 nitrogen and oxygen atoms in total. The standard InChI is InChI=1S/C11H19N3O2/c1-10-6-14(7-11(8-15)16-10)5-4-13-3-2-12-9-13/h2-3,9-11,15H,4-8H2,1H3. The Balaban J connectivity index is 1.80. The van der Waals surface area contributed by atoms with Crippen molar-refractivity contribution in [2.45, 2.75) is 25.7 Å². The van der Waals surface area contributed by atoms with E-state index in [1.165, 1.54) is 0 Å². The third-order valence-corrected chi connectivity index (χ3v) is 2.84. The van der Waals surface area contributed by atoms with Crippen LogP contribution in [0.1, 0.15) is 6.92 Å². The highest BCUT2D eigenvalue weighted by Gasteiger charge is 2.24. The molecule has 1 aliphatic rings. The van der Waals surface area contributed by atoms with Gasteiger partial charge in [0.2, 0.25) is 0 Å². The minimum atomic E-state index is -0.0356. The molecule has 1 aliphatic heterocycles. The third kappa shape index (κ3) is 3.04. The monoisotopic (exact) mass is 225 g/mol. The molecule has 90 valence electrons. The van der Waals surface area contributed by atoms with E-state index >= 15 is 0 Å². The maximum atomic E-state index is 9.11. The van der Waals surface area contributed by atoms with Crippen LogP contribution in [0.2, 0.25) is 0 Å². The highest BCUT2D eigenvalue weighted by atomic mass is 16.5. The first-order valence-electron chi connectivity index (χ1n) is 5.72. The number of ether oxygens (including phenoxy) is 1. The van der Waals surface area contributed by atoms with Crippen molar-refractivity contribution in [1.82, 2.24) is 14.5 Å². The Morgan fingerprint density at radius 1 is 1.44 bits per heavy atom. The first kappa shape index (κ1) is 11.6. The number of aliphatic hydroxyl groups is 1. The fourth-order valence-corrected chi connectivity index (χ4v) is 2.10. The van der Waals surface area contributed by atoms with Crippen molar-refractivity contribution in [2.24, 2.45) is 0 Å². The molecule has 0 aromatic carbocycles. The largest absolute Gasteiger partial charge is 0.394 e. The Kier molecular flexibility index (Phi) is 3.93. The van der Waals surface area contributed by atoms with E-state index in [0.717, 1.165) is 26.2 Å². The molecule has 2 heterocycles. The van der Waals surface area contributed by atoms with Gasteiger partial charge >= 0.3 is 0 Å². The third-order valence-electron chi connectivity index (χ3n) is 2.84. The smallest absolute Gasteiger partial charge is 0.0946 e. The van der Waals surface area contributed by atoms with Gasteiger partial charge in [-0.25, -0.2) is 4.98 Å². The van der Waals surface area contributed by atoms with Crippen LogP contribution in [-0.2, 0) is 11.3 Å². The molecule has 1 saturated heterocycles. The van der Waals surface area contributed by atoms with E-state index in [1.54, 1.807) is 6.20 Å². The van der Waals surface area contributed by atoms with Gasteiger partial charge in [0.1, 0.15) is 0 Å². The number of hydrogen-bond acceptors (Lipinski definition) is 4. The van der Waals surface area contributed by atoms with Crippen LogP contribution < -0.4 is 0 Å². The van der Waals surface area contributed by atoms with Gasteiger partial charge in [0.15, 0.2) is 0 Å². The minimum Gasteiger partial charge on any atom is -0.394 e. The summed E-state index contributed by atoms with van der Waals surface area (Å²) in [7, 11) is 0. The summed E-state index contributed by atoms with van der Waals surface area (Å²) in [5, 5.41) is 9.11. The first-order valence-corrected chi connectivity index (χ1v) is 5.72. The molecule has 2 atom stereocenters. The molecule has 1 aromatic heterocycles. The normalized spacial score (nSPS) is 27.1. The second kappa shape index (κ2) is 5.43. The van der Waals surface area contributed by atoms with Crippen LogP contribution in [0.3, 0.4) is 0 Å². The predicted octanol–water partition coefficient (Wildman–Crippen LogP) is -0.0353. The maximum Gasteiger partial charge on any atom is 0.0946 e. The molecule has 0 aliphatic carbocycles. The Hall–Kier alpha value is -0.910. The number of imidazole rings is 1. The number of hydrogen-bond donors (Lipinski definition) is 1. The van der Waals surface area contributed by atoms with Gasteiger partial charge in [-0.05, 0) is 6.92 Å². The molecule has 0 spiro atoms. The van der Waals surface area contributed by atoms with Crippen LogP contribution in [-0.4, -0.2) is 58.0 Å². The molecule has 0 amide bonds. The minimum absolute atomic E-state index is 0.0356. The molecule has 16 heavy (non-hydrogen) atoms. The lowest BCUT2D eigenvalue weighted by Crippen LogP contribution is -2.48. The summed E-state index contributed by atoms with van der Waals surface area (Å²) < 4.78 is 7.66. The fraction of sp³-hybridized carbons (Fsp3) is 0.727. The molecule has 0 radical (unpaired) electrons. The summed E-state index contributed by atoms with van der Waals surface area (Å²) in [5.74, 6) is 0. The molecule has 2 rings (SSSR count). The molecule has 1 aromatic rings. The van der Waals surface area contributed by atoms with Crippen molar-refractivity contribution >= 4 is 0 Å². The molecular formula is C11H19N3O2. The average Bonchev–Trinajstić information content (AvgIpc) is 2.78. The molecule has 1 fully saturated rings. The number of rotatable bonds is 4. The lowest BCUT2D eigenvalue weighted by molar-refractivity contribution is -0.0955. The van der Waals surface area contributed by atoms with E-state index in [1.807, 2.05) is 19.4 Å². The van der Waals surface area contributed by atoms with E-state index < -0.39 is 0 Å². The van der Waals surface area contributed by atoms with Gasteiger partial charge < -0.3 is 14.4 Å². The van der Waals surface area contributed by atoms with Crippen LogP contribution in [0, 0.1) is 0 Å².